The number of benzene rings is 1. The number of nitrogens with one attached hydrogen (secondary N) is 2. The Morgan fingerprint density at radius 2 is 2.04 bits per heavy atom. The fraction of sp³-hybridized carbons (Fsp3) is 0.474. The van der Waals surface area contributed by atoms with Gasteiger partial charge in [0.15, 0.2) is 5.69 Å². The van der Waals surface area contributed by atoms with E-state index in [-0.39, 0.29) is 5.91 Å². The molecule has 24 heavy (non-hydrogen) atoms. The highest BCUT2D eigenvalue weighted by Crippen LogP contribution is 2.41. The van der Waals surface area contributed by atoms with Gasteiger partial charge in [-0.3, -0.25) is 9.48 Å². The molecule has 1 amide bonds. The molecule has 5 heteroatoms. The SMILES string of the molecule is Cc1cc(C(=O)Nc2ccc(C3CC3NCC3CC3)cc2)nn1C. The molecule has 2 saturated carbocycles. The second-order valence-electron chi connectivity index (χ2n) is 7.17. The van der Waals surface area contributed by atoms with Crippen LogP contribution in [0.3, 0.4) is 0 Å². The second-order valence-corrected chi connectivity index (χ2v) is 7.17. The number of rotatable bonds is 6. The molecule has 1 heterocycles. The number of carbonyl (C=O) groups excluding carboxylic acids is 1. The summed E-state index contributed by atoms with van der Waals surface area (Å²) in [5, 5.41) is 10.8. The minimum atomic E-state index is -0.165. The van der Waals surface area contributed by atoms with Crippen molar-refractivity contribution in [3.63, 3.8) is 0 Å². The van der Waals surface area contributed by atoms with Crippen LogP contribution in [0, 0.1) is 12.8 Å². The van der Waals surface area contributed by atoms with E-state index in [9.17, 15) is 4.79 Å². The zero-order valence-corrected chi connectivity index (χ0v) is 14.2. The largest absolute Gasteiger partial charge is 0.321 e. The Kier molecular flexibility index (Phi) is 3.88. The third kappa shape index (κ3) is 3.36. The molecule has 0 spiro atoms. The normalized spacial score (nSPS) is 22.4. The molecule has 1 aromatic heterocycles. The fourth-order valence-electron chi connectivity index (χ4n) is 3.11. The number of aromatic nitrogens is 2. The maximum Gasteiger partial charge on any atom is 0.276 e. The molecule has 2 fully saturated rings. The van der Waals surface area contributed by atoms with Gasteiger partial charge in [-0.2, -0.15) is 5.10 Å². The van der Waals surface area contributed by atoms with Gasteiger partial charge in [0, 0.05) is 30.4 Å². The Hall–Kier alpha value is -2.14. The lowest BCUT2D eigenvalue weighted by Crippen LogP contribution is -2.20. The van der Waals surface area contributed by atoms with E-state index in [2.05, 4.69) is 27.9 Å². The van der Waals surface area contributed by atoms with Crippen LogP contribution in [0.5, 0.6) is 0 Å². The lowest BCUT2D eigenvalue weighted by molar-refractivity contribution is 0.102. The van der Waals surface area contributed by atoms with Gasteiger partial charge in [0.2, 0.25) is 0 Å². The van der Waals surface area contributed by atoms with E-state index in [4.69, 9.17) is 0 Å². The lowest BCUT2D eigenvalue weighted by atomic mass is 10.1. The van der Waals surface area contributed by atoms with E-state index >= 15 is 0 Å². The highest BCUT2D eigenvalue weighted by atomic mass is 16.1. The number of hydrogen-bond donors (Lipinski definition) is 2. The van der Waals surface area contributed by atoms with Crippen LogP contribution in [0.2, 0.25) is 0 Å². The van der Waals surface area contributed by atoms with E-state index in [1.807, 2.05) is 26.1 Å². The van der Waals surface area contributed by atoms with Gasteiger partial charge >= 0.3 is 0 Å². The van der Waals surface area contributed by atoms with Crippen LogP contribution < -0.4 is 10.6 Å². The van der Waals surface area contributed by atoms with E-state index in [0.717, 1.165) is 17.3 Å². The molecule has 2 unspecified atom stereocenters. The molecule has 1 aromatic carbocycles. The van der Waals surface area contributed by atoms with Crippen LogP contribution >= 0.6 is 0 Å². The van der Waals surface area contributed by atoms with Crippen LogP contribution in [0.15, 0.2) is 30.3 Å². The van der Waals surface area contributed by atoms with Crippen molar-refractivity contribution in [1.82, 2.24) is 15.1 Å². The number of anilines is 1. The summed E-state index contributed by atoms with van der Waals surface area (Å²) >= 11 is 0. The first-order valence-corrected chi connectivity index (χ1v) is 8.75. The first-order valence-electron chi connectivity index (χ1n) is 8.75. The summed E-state index contributed by atoms with van der Waals surface area (Å²) in [6.45, 7) is 3.11. The summed E-state index contributed by atoms with van der Waals surface area (Å²) in [6, 6.07) is 10.7. The summed E-state index contributed by atoms with van der Waals surface area (Å²) in [6.07, 6.45) is 4.02. The Morgan fingerprint density at radius 1 is 1.29 bits per heavy atom. The average molecular weight is 324 g/mol. The van der Waals surface area contributed by atoms with Crippen LogP contribution in [0.4, 0.5) is 5.69 Å². The maximum atomic E-state index is 12.2. The summed E-state index contributed by atoms with van der Waals surface area (Å²) < 4.78 is 1.71. The molecule has 4 rings (SSSR count). The van der Waals surface area contributed by atoms with Crippen molar-refractivity contribution in [2.45, 2.75) is 38.1 Å². The van der Waals surface area contributed by atoms with Crippen molar-refractivity contribution in [2.24, 2.45) is 13.0 Å². The van der Waals surface area contributed by atoms with Crippen LogP contribution in [0.1, 0.15) is 46.9 Å². The molecular weight excluding hydrogens is 300 g/mol. The third-order valence-electron chi connectivity index (χ3n) is 5.10. The predicted octanol–water partition coefficient (Wildman–Crippen LogP) is 2.84. The monoisotopic (exact) mass is 324 g/mol. The number of hydrogen-bond acceptors (Lipinski definition) is 3. The van der Waals surface area contributed by atoms with Gasteiger partial charge in [-0.25, -0.2) is 0 Å². The van der Waals surface area contributed by atoms with Gasteiger partial charge in [0.1, 0.15) is 0 Å². The Balaban J connectivity index is 1.33. The molecule has 0 bridgehead atoms. The van der Waals surface area contributed by atoms with Gasteiger partial charge in [-0.05, 0) is 62.4 Å². The number of aryl methyl sites for hydroxylation is 2. The Labute approximate surface area is 142 Å². The van der Waals surface area contributed by atoms with Crippen molar-refractivity contribution in [2.75, 3.05) is 11.9 Å². The fourth-order valence-corrected chi connectivity index (χ4v) is 3.11. The van der Waals surface area contributed by atoms with Crippen LogP contribution in [0.25, 0.3) is 0 Å². The summed E-state index contributed by atoms with van der Waals surface area (Å²) in [5.41, 5.74) is 3.59. The Morgan fingerprint density at radius 3 is 2.67 bits per heavy atom. The van der Waals surface area contributed by atoms with Gasteiger partial charge in [-0.1, -0.05) is 12.1 Å². The van der Waals surface area contributed by atoms with Crippen molar-refractivity contribution in [3.8, 4) is 0 Å². The standard InChI is InChI=1S/C19H24N4O/c1-12-9-18(22-23(12)2)19(24)21-15-7-5-14(6-8-15)16-10-17(16)20-11-13-3-4-13/h5-9,13,16-17,20H,3-4,10-11H2,1-2H3,(H,21,24). The van der Waals surface area contributed by atoms with E-state index in [1.165, 1.54) is 31.4 Å². The molecule has 2 aliphatic rings. The van der Waals surface area contributed by atoms with Crippen LogP contribution in [-0.2, 0) is 7.05 Å². The average Bonchev–Trinajstić information content (AvgIpc) is 3.47. The number of carbonyl (C=O) groups is 1. The van der Waals surface area contributed by atoms with E-state index in [0.29, 0.717) is 17.7 Å². The van der Waals surface area contributed by atoms with Crippen molar-refractivity contribution in [3.05, 3.63) is 47.3 Å². The maximum absolute atomic E-state index is 12.2. The highest BCUT2D eigenvalue weighted by Gasteiger charge is 2.38. The summed E-state index contributed by atoms with van der Waals surface area (Å²) in [4.78, 5) is 12.2. The molecule has 0 radical (unpaired) electrons. The van der Waals surface area contributed by atoms with Gasteiger partial charge in [-0.15, -0.1) is 0 Å². The topological polar surface area (TPSA) is 59.0 Å². The molecule has 5 nitrogen and oxygen atoms in total. The first kappa shape index (κ1) is 15.4. The van der Waals surface area contributed by atoms with Crippen LogP contribution in [-0.4, -0.2) is 28.3 Å². The zero-order chi connectivity index (χ0) is 16.7. The lowest BCUT2D eigenvalue weighted by Gasteiger charge is -2.06. The molecule has 2 aromatic rings. The van der Waals surface area contributed by atoms with Gasteiger partial charge < -0.3 is 10.6 Å². The zero-order valence-electron chi connectivity index (χ0n) is 14.2. The van der Waals surface area contributed by atoms with Gasteiger partial charge in [0.05, 0.1) is 0 Å². The quantitative estimate of drug-likeness (QED) is 0.859. The summed E-state index contributed by atoms with van der Waals surface area (Å²) in [7, 11) is 1.84. The molecule has 0 saturated heterocycles. The van der Waals surface area contributed by atoms with Crippen molar-refractivity contribution in [1.29, 1.82) is 0 Å². The first-order chi connectivity index (χ1) is 11.6. The molecule has 2 atom stereocenters. The molecular formula is C19H24N4O. The number of amides is 1. The predicted molar refractivity (Wildman–Crippen MR) is 94.2 cm³/mol. The molecule has 0 aliphatic heterocycles. The smallest absolute Gasteiger partial charge is 0.276 e. The second kappa shape index (κ2) is 6.06. The molecule has 2 N–H and O–H groups in total. The highest BCUT2D eigenvalue weighted by molar-refractivity contribution is 6.02. The summed E-state index contributed by atoms with van der Waals surface area (Å²) in [5.74, 6) is 1.40. The number of nitrogens with zero attached hydrogens (tertiary/aromatic N) is 2. The van der Waals surface area contributed by atoms with E-state index in [1.54, 1.807) is 10.7 Å². The molecule has 126 valence electrons. The van der Waals surface area contributed by atoms with Crippen molar-refractivity contribution < 1.29 is 4.79 Å². The third-order valence-corrected chi connectivity index (χ3v) is 5.10. The molecule has 2 aliphatic carbocycles. The minimum Gasteiger partial charge on any atom is -0.321 e. The van der Waals surface area contributed by atoms with Crippen molar-refractivity contribution >= 4 is 11.6 Å². The minimum absolute atomic E-state index is 0.165. The van der Waals surface area contributed by atoms with E-state index < -0.39 is 0 Å². The van der Waals surface area contributed by atoms with Gasteiger partial charge in [0.25, 0.3) is 5.91 Å². The Bertz CT molecular complexity index is 726.